The zero-order valence-corrected chi connectivity index (χ0v) is 10.8. The van der Waals surface area contributed by atoms with E-state index in [1.165, 1.54) is 0 Å². The molecule has 1 unspecified atom stereocenters. The summed E-state index contributed by atoms with van der Waals surface area (Å²) in [5.41, 5.74) is 0. The van der Waals surface area contributed by atoms with Gasteiger partial charge < -0.3 is 9.47 Å². The molecule has 1 heterocycles. The van der Waals surface area contributed by atoms with Gasteiger partial charge in [-0.15, -0.1) is 8.78 Å². The van der Waals surface area contributed by atoms with E-state index < -0.39 is 50.8 Å². The van der Waals surface area contributed by atoms with E-state index >= 15 is 0 Å². The highest BCUT2D eigenvalue weighted by atomic mass is 19.3. The maximum absolute atomic E-state index is 13.0. The Labute approximate surface area is 122 Å². The molecule has 0 aromatic rings. The molecule has 0 radical (unpaired) electrons. The van der Waals surface area contributed by atoms with Gasteiger partial charge >= 0.3 is 24.6 Å². The van der Waals surface area contributed by atoms with E-state index in [0.29, 0.717) is 0 Å². The van der Waals surface area contributed by atoms with Gasteiger partial charge in [-0.1, -0.05) is 0 Å². The molecule has 0 aromatic carbocycles. The molecule has 1 fully saturated rings. The first kappa shape index (κ1) is 20.2. The van der Waals surface area contributed by atoms with Crippen LogP contribution in [0, 0.1) is 0 Å². The lowest BCUT2D eigenvalue weighted by Gasteiger charge is -2.30. The Morgan fingerprint density at radius 2 is 1.43 bits per heavy atom. The van der Waals surface area contributed by atoms with Gasteiger partial charge in [-0.05, 0) is 0 Å². The molecule has 0 bridgehead atoms. The van der Waals surface area contributed by atoms with Crippen LogP contribution in [0.3, 0.4) is 0 Å². The maximum Gasteiger partial charge on any atom is 0.492 e. The van der Waals surface area contributed by atoms with E-state index in [2.05, 4.69) is 23.7 Å². The van der Waals surface area contributed by atoms with Crippen molar-refractivity contribution in [1.29, 1.82) is 0 Å². The molecule has 23 heavy (non-hydrogen) atoms. The molecule has 1 atom stereocenters. The summed E-state index contributed by atoms with van der Waals surface area (Å²) >= 11 is 0. The Kier molecular flexibility index (Phi) is 6.12. The van der Waals surface area contributed by atoms with Gasteiger partial charge in [0.05, 0.1) is 13.2 Å². The van der Waals surface area contributed by atoms with Gasteiger partial charge in [0.25, 0.3) is 0 Å². The normalized spacial score (nSPS) is 20.0. The topological polar surface area (TPSA) is 49.5 Å². The average Bonchev–Trinajstić information content (AvgIpc) is 3.08. The number of halogens is 9. The molecule has 0 N–H and O–H groups in total. The molecule has 0 spiro atoms. The molecule has 0 saturated carbocycles. The van der Waals surface area contributed by atoms with Crippen LogP contribution in [0.5, 0.6) is 0 Å². The molecule has 1 saturated heterocycles. The van der Waals surface area contributed by atoms with Crippen molar-refractivity contribution < 1.29 is 63.2 Å². The van der Waals surface area contributed by atoms with Crippen molar-refractivity contribution in [3.8, 4) is 0 Å². The van der Waals surface area contributed by atoms with Crippen molar-refractivity contribution >= 4 is 0 Å². The Morgan fingerprint density at radius 1 is 0.913 bits per heavy atom. The Hall–Kier alpha value is -0.830. The molecule has 1 aliphatic heterocycles. The number of rotatable bonds is 11. The van der Waals surface area contributed by atoms with Crippen molar-refractivity contribution in [3.05, 3.63) is 0 Å². The summed E-state index contributed by atoms with van der Waals surface area (Å²) in [5.74, 6) is 0. The minimum Gasteiger partial charge on any atom is -0.371 e. The highest BCUT2D eigenvalue weighted by molar-refractivity contribution is 4.71. The van der Waals surface area contributed by atoms with Crippen molar-refractivity contribution in [2.75, 3.05) is 26.7 Å². The third kappa shape index (κ3) is 6.66. The SMILES string of the molecule is FCOC(F)(F)OC(F)(F)C(F)(F)OC(F)(F)COCC1CO1. The predicted molar refractivity (Wildman–Crippen MR) is 49.6 cm³/mol. The number of hydrogen-bond acceptors (Lipinski definition) is 5. The zero-order valence-electron chi connectivity index (χ0n) is 10.8. The van der Waals surface area contributed by atoms with Gasteiger partial charge in [-0.25, -0.2) is 13.9 Å². The molecule has 138 valence electrons. The van der Waals surface area contributed by atoms with Crippen molar-refractivity contribution in [2.24, 2.45) is 0 Å². The Balaban J connectivity index is 2.62. The van der Waals surface area contributed by atoms with E-state index in [9.17, 15) is 39.5 Å². The fraction of sp³-hybridized carbons (Fsp3) is 1.00. The number of alkyl halides is 9. The van der Waals surface area contributed by atoms with Gasteiger partial charge in [-0.3, -0.25) is 4.74 Å². The lowest BCUT2D eigenvalue weighted by Crippen LogP contribution is -2.53. The van der Waals surface area contributed by atoms with E-state index in [1.54, 1.807) is 0 Å². The van der Waals surface area contributed by atoms with Crippen LogP contribution in [-0.2, 0) is 23.7 Å². The average molecular weight is 368 g/mol. The van der Waals surface area contributed by atoms with Crippen LogP contribution >= 0.6 is 0 Å². The molecule has 1 aliphatic rings. The number of ether oxygens (including phenoxy) is 5. The number of hydrogen-bond donors (Lipinski definition) is 0. The highest BCUT2D eigenvalue weighted by Crippen LogP contribution is 2.43. The number of epoxide rings is 1. The molecule has 14 heteroatoms. The standard InChI is InChI=1S/C9H9F9O5/c10-4-21-9(17,18)23-8(15,16)7(13,14)22-6(11,12)3-19-1-5-2-20-5/h5H,1-4H2. The second-order valence-corrected chi connectivity index (χ2v) is 4.06. The van der Waals surface area contributed by atoms with Gasteiger partial charge in [0.15, 0.2) is 6.86 Å². The maximum atomic E-state index is 13.0. The molecule has 0 aliphatic carbocycles. The fourth-order valence-corrected chi connectivity index (χ4v) is 1.05. The smallest absolute Gasteiger partial charge is 0.371 e. The van der Waals surface area contributed by atoms with Crippen molar-refractivity contribution in [3.63, 3.8) is 0 Å². The highest BCUT2D eigenvalue weighted by Gasteiger charge is 2.68. The summed E-state index contributed by atoms with van der Waals surface area (Å²) < 4.78 is 130. The molecular formula is C9H9F9O5. The van der Waals surface area contributed by atoms with E-state index in [1.807, 2.05) is 0 Å². The summed E-state index contributed by atoms with van der Waals surface area (Å²) in [7, 11) is 0. The minimum absolute atomic E-state index is 0.179. The summed E-state index contributed by atoms with van der Waals surface area (Å²) in [6, 6.07) is 0. The second kappa shape index (κ2) is 6.96. The quantitative estimate of drug-likeness (QED) is 0.319. The first-order chi connectivity index (χ1) is 10.3. The third-order valence-corrected chi connectivity index (χ3v) is 2.06. The Bertz CT molecular complexity index is 388. The predicted octanol–water partition coefficient (Wildman–Crippen LogP) is 2.71. The zero-order chi connectivity index (χ0) is 17.9. The van der Waals surface area contributed by atoms with Gasteiger partial charge in [-0.2, -0.15) is 26.3 Å². The fourth-order valence-electron chi connectivity index (χ4n) is 1.05. The molecule has 1 rings (SSSR count). The Morgan fingerprint density at radius 3 is 1.91 bits per heavy atom. The molecular weight excluding hydrogens is 359 g/mol. The van der Waals surface area contributed by atoms with Crippen LogP contribution in [0.2, 0.25) is 0 Å². The lowest BCUT2D eigenvalue weighted by atomic mass is 10.5. The summed E-state index contributed by atoms with van der Waals surface area (Å²) in [4.78, 5) is 0. The van der Waals surface area contributed by atoms with E-state index in [4.69, 9.17) is 0 Å². The van der Waals surface area contributed by atoms with Crippen LogP contribution < -0.4 is 0 Å². The van der Waals surface area contributed by atoms with Crippen LogP contribution in [0.1, 0.15) is 0 Å². The van der Waals surface area contributed by atoms with Crippen LogP contribution in [0.15, 0.2) is 0 Å². The summed E-state index contributed by atoms with van der Waals surface area (Å²) in [6.45, 7) is -4.52. The van der Waals surface area contributed by atoms with Crippen molar-refractivity contribution in [1.82, 2.24) is 0 Å². The molecule has 0 amide bonds. The van der Waals surface area contributed by atoms with Crippen molar-refractivity contribution in [2.45, 2.75) is 30.7 Å². The first-order valence-corrected chi connectivity index (χ1v) is 5.61. The van der Waals surface area contributed by atoms with Crippen LogP contribution in [0.25, 0.3) is 0 Å². The van der Waals surface area contributed by atoms with E-state index in [-0.39, 0.29) is 6.61 Å². The van der Waals surface area contributed by atoms with Gasteiger partial charge in [0, 0.05) is 0 Å². The van der Waals surface area contributed by atoms with Gasteiger partial charge in [0.1, 0.15) is 12.7 Å². The largest absolute Gasteiger partial charge is 0.492 e. The lowest BCUT2D eigenvalue weighted by molar-refractivity contribution is -0.548. The summed E-state index contributed by atoms with van der Waals surface area (Å²) in [6.07, 6.45) is -23.5. The summed E-state index contributed by atoms with van der Waals surface area (Å²) in [5, 5.41) is 0. The van der Waals surface area contributed by atoms with Crippen LogP contribution in [0.4, 0.5) is 39.5 Å². The second-order valence-electron chi connectivity index (χ2n) is 4.06. The molecule has 5 nitrogen and oxygen atoms in total. The first-order valence-electron chi connectivity index (χ1n) is 5.61. The third-order valence-electron chi connectivity index (χ3n) is 2.06. The van der Waals surface area contributed by atoms with Gasteiger partial charge in [0.2, 0.25) is 0 Å². The van der Waals surface area contributed by atoms with Crippen LogP contribution in [-0.4, -0.2) is 57.4 Å². The van der Waals surface area contributed by atoms with E-state index in [0.717, 1.165) is 0 Å². The minimum atomic E-state index is -6.27. The molecule has 0 aromatic heterocycles. The monoisotopic (exact) mass is 368 g/mol.